The predicted octanol–water partition coefficient (Wildman–Crippen LogP) is 1.96. The maximum absolute atomic E-state index is 13.1. The predicted molar refractivity (Wildman–Crippen MR) is 57.8 cm³/mol. The Morgan fingerprint density at radius 1 is 1.67 bits per heavy atom. The zero-order valence-corrected chi connectivity index (χ0v) is 8.91. The molecule has 2 rings (SSSR count). The van der Waals surface area contributed by atoms with Crippen LogP contribution >= 0.6 is 0 Å². The van der Waals surface area contributed by atoms with E-state index < -0.39 is 0 Å². The number of nitrogen functional groups attached to an aromatic ring is 1. The molecule has 0 spiro atoms. The van der Waals surface area contributed by atoms with Crippen molar-refractivity contribution in [3.63, 3.8) is 0 Å². The summed E-state index contributed by atoms with van der Waals surface area (Å²) in [5.74, 6) is 0.156. The number of pyridine rings is 1. The van der Waals surface area contributed by atoms with Crippen LogP contribution in [0.25, 0.3) is 0 Å². The van der Waals surface area contributed by atoms with Gasteiger partial charge in [0.05, 0.1) is 6.20 Å². The summed E-state index contributed by atoms with van der Waals surface area (Å²) in [5, 5.41) is 0. The highest BCUT2D eigenvalue weighted by Crippen LogP contribution is 2.33. The van der Waals surface area contributed by atoms with E-state index in [4.69, 9.17) is 5.73 Å². The number of halogens is 1. The molecule has 1 aliphatic heterocycles. The Bertz CT molecular complexity index is 354. The topological polar surface area (TPSA) is 42.2 Å². The van der Waals surface area contributed by atoms with Crippen LogP contribution in [-0.4, -0.2) is 23.0 Å². The summed E-state index contributed by atoms with van der Waals surface area (Å²) in [6, 6.07) is 1.76. The number of aromatic nitrogens is 1. The minimum Gasteiger partial charge on any atom is -0.383 e. The van der Waals surface area contributed by atoms with Gasteiger partial charge in [0, 0.05) is 11.6 Å². The molecule has 0 radical (unpaired) electrons. The summed E-state index contributed by atoms with van der Waals surface area (Å²) in [6.07, 6.45) is 3.36. The Kier molecular flexibility index (Phi) is 2.86. The van der Waals surface area contributed by atoms with Gasteiger partial charge in [0.2, 0.25) is 0 Å². The van der Waals surface area contributed by atoms with Crippen LogP contribution in [0.2, 0.25) is 0 Å². The molecule has 0 bridgehead atoms. The highest BCUT2D eigenvalue weighted by molar-refractivity contribution is 5.41. The number of hydrogen-bond donors (Lipinski definition) is 1. The van der Waals surface area contributed by atoms with Gasteiger partial charge >= 0.3 is 0 Å². The van der Waals surface area contributed by atoms with E-state index in [1.807, 2.05) is 0 Å². The normalized spacial score (nSPS) is 22.1. The molecule has 1 fully saturated rings. The zero-order valence-electron chi connectivity index (χ0n) is 8.91. The van der Waals surface area contributed by atoms with Crippen LogP contribution in [0, 0.1) is 5.82 Å². The lowest BCUT2D eigenvalue weighted by Gasteiger charge is -2.23. The van der Waals surface area contributed by atoms with Gasteiger partial charge in [-0.25, -0.2) is 9.37 Å². The highest BCUT2D eigenvalue weighted by Gasteiger charge is 2.26. The van der Waals surface area contributed by atoms with Crippen LogP contribution in [0.15, 0.2) is 12.3 Å². The van der Waals surface area contributed by atoms with Crippen molar-refractivity contribution in [3.05, 3.63) is 23.6 Å². The first-order chi connectivity index (χ1) is 7.22. The Balaban J connectivity index is 2.31. The zero-order chi connectivity index (χ0) is 10.8. The van der Waals surface area contributed by atoms with E-state index in [9.17, 15) is 4.39 Å². The van der Waals surface area contributed by atoms with E-state index in [1.165, 1.54) is 12.3 Å². The molecule has 4 heteroatoms. The van der Waals surface area contributed by atoms with Gasteiger partial charge in [0.1, 0.15) is 11.6 Å². The van der Waals surface area contributed by atoms with Gasteiger partial charge in [-0.15, -0.1) is 0 Å². The third kappa shape index (κ3) is 1.95. The Hall–Kier alpha value is -1.16. The minimum absolute atomic E-state index is 0.248. The Labute approximate surface area is 89.1 Å². The molecular formula is C11H16FN3. The summed E-state index contributed by atoms with van der Waals surface area (Å²) >= 11 is 0. The van der Waals surface area contributed by atoms with Crippen molar-refractivity contribution in [3.8, 4) is 0 Å². The summed E-state index contributed by atoms with van der Waals surface area (Å²) in [5.41, 5.74) is 6.62. The smallest absolute Gasteiger partial charge is 0.141 e. The highest BCUT2D eigenvalue weighted by atomic mass is 19.1. The molecule has 15 heavy (non-hydrogen) atoms. The Morgan fingerprint density at radius 3 is 3.20 bits per heavy atom. The maximum Gasteiger partial charge on any atom is 0.141 e. The van der Waals surface area contributed by atoms with Gasteiger partial charge in [-0.3, -0.25) is 4.90 Å². The molecule has 2 N–H and O–H groups in total. The molecule has 0 amide bonds. The van der Waals surface area contributed by atoms with Crippen LogP contribution in [0.1, 0.15) is 31.4 Å². The van der Waals surface area contributed by atoms with Crippen molar-refractivity contribution in [2.24, 2.45) is 0 Å². The Morgan fingerprint density at radius 2 is 2.47 bits per heavy atom. The molecule has 82 valence electrons. The van der Waals surface area contributed by atoms with E-state index in [0.717, 1.165) is 31.5 Å². The number of likely N-dealkylation sites (tertiary alicyclic amines) is 1. The summed E-state index contributed by atoms with van der Waals surface area (Å²) < 4.78 is 13.1. The number of rotatable bonds is 2. The summed E-state index contributed by atoms with van der Waals surface area (Å²) in [7, 11) is 0. The van der Waals surface area contributed by atoms with Crippen molar-refractivity contribution in [1.29, 1.82) is 0 Å². The molecule has 1 unspecified atom stereocenters. The molecule has 1 aliphatic rings. The lowest BCUT2D eigenvalue weighted by atomic mass is 10.1. The molecule has 0 aliphatic carbocycles. The average Bonchev–Trinajstić information content (AvgIpc) is 2.69. The molecule has 1 aromatic heterocycles. The van der Waals surface area contributed by atoms with E-state index in [1.54, 1.807) is 0 Å². The van der Waals surface area contributed by atoms with Gasteiger partial charge in [-0.1, -0.05) is 6.92 Å². The average molecular weight is 209 g/mol. The lowest BCUT2D eigenvalue weighted by molar-refractivity contribution is 0.271. The van der Waals surface area contributed by atoms with Crippen LogP contribution in [0.4, 0.5) is 10.2 Å². The maximum atomic E-state index is 13.1. The standard InChI is InChI=1S/C11H16FN3/c1-2-15-5-3-4-10(15)9-6-8(12)7-14-11(9)13/h6-7,10H,2-5H2,1H3,(H2,13,14). The molecular weight excluding hydrogens is 193 g/mol. The quantitative estimate of drug-likeness (QED) is 0.809. The van der Waals surface area contributed by atoms with E-state index in [2.05, 4.69) is 16.8 Å². The number of hydrogen-bond acceptors (Lipinski definition) is 3. The van der Waals surface area contributed by atoms with Gasteiger partial charge in [-0.2, -0.15) is 0 Å². The van der Waals surface area contributed by atoms with Crippen LogP contribution in [0.3, 0.4) is 0 Å². The fraction of sp³-hybridized carbons (Fsp3) is 0.545. The first-order valence-corrected chi connectivity index (χ1v) is 5.37. The van der Waals surface area contributed by atoms with Crippen LogP contribution in [0.5, 0.6) is 0 Å². The number of nitrogens with zero attached hydrogens (tertiary/aromatic N) is 2. The van der Waals surface area contributed by atoms with Crippen molar-refractivity contribution in [1.82, 2.24) is 9.88 Å². The molecule has 1 saturated heterocycles. The first kappa shape index (κ1) is 10.4. The fourth-order valence-electron chi connectivity index (χ4n) is 2.29. The van der Waals surface area contributed by atoms with E-state index in [-0.39, 0.29) is 11.9 Å². The third-order valence-electron chi connectivity index (χ3n) is 3.04. The largest absolute Gasteiger partial charge is 0.383 e. The van der Waals surface area contributed by atoms with Crippen LogP contribution < -0.4 is 5.73 Å². The number of anilines is 1. The summed E-state index contributed by atoms with van der Waals surface area (Å²) in [6.45, 7) is 4.15. The van der Waals surface area contributed by atoms with Gasteiger partial charge in [-0.05, 0) is 32.0 Å². The first-order valence-electron chi connectivity index (χ1n) is 5.37. The minimum atomic E-state index is -0.304. The van der Waals surface area contributed by atoms with Crippen molar-refractivity contribution in [2.75, 3.05) is 18.8 Å². The number of nitrogens with two attached hydrogens (primary N) is 1. The van der Waals surface area contributed by atoms with Crippen molar-refractivity contribution in [2.45, 2.75) is 25.8 Å². The second kappa shape index (κ2) is 4.14. The van der Waals surface area contributed by atoms with Gasteiger partial charge in [0.15, 0.2) is 0 Å². The second-order valence-electron chi connectivity index (χ2n) is 3.91. The SMILES string of the molecule is CCN1CCCC1c1cc(F)cnc1N. The molecule has 1 aromatic rings. The van der Waals surface area contributed by atoms with E-state index >= 15 is 0 Å². The van der Waals surface area contributed by atoms with Crippen LogP contribution in [-0.2, 0) is 0 Å². The summed E-state index contributed by atoms with van der Waals surface area (Å²) in [4.78, 5) is 6.18. The monoisotopic (exact) mass is 209 g/mol. The molecule has 0 aromatic carbocycles. The molecule has 3 nitrogen and oxygen atoms in total. The molecule has 1 atom stereocenters. The fourth-order valence-corrected chi connectivity index (χ4v) is 2.29. The van der Waals surface area contributed by atoms with Crippen molar-refractivity contribution < 1.29 is 4.39 Å². The van der Waals surface area contributed by atoms with Crippen molar-refractivity contribution >= 4 is 5.82 Å². The van der Waals surface area contributed by atoms with Gasteiger partial charge < -0.3 is 5.73 Å². The second-order valence-corrected chi connectivity index (χ2v) is 3.91. The van der Waals surface area contributed by atoms with Gasteiger partial charge in [0.25, 0.3) is 0 Å². The van der Waals surface area contributed by atoms with E-state index in [0.29, 0.717) is 5.82 Å². The molecule has 0 saturated carbocycles. The lowest BCUT2D eigenvalue weighted by Crippen LogP contribution is -2.23. The molecule has 2 heterocycles. The third-order valence-corrected chi connectivity index (χ3v) is 3.04.